The van der Waals surface area contributed by atoms with Crippen LogP contribution < -0.4 is 10.2 Å². The zero-order valence-electron chi connectivity index (χ0n) is 13.9. The number of nitrogens with one attached hydrogen (secondary N) is 1. The lowest BCUT2D eigenvalue weighted by Gasteiger charge is -2.19. The summed E-state index contributed by atoms with van der Waals surface area (Å²) in [7, 11) is 0. The average Bonchev–Trinajstić information content (AvgIpc) is 2.78. The topological polar surface area (TPSA) is 49.4 Å². The summed E-state index contributed by atoms with van der Waals surface area (Å²) in [6.45, 7) is 6.04. The van der Waals surface area contributed by atoms with Crippen LogP contribution in [0, 0.1) is 20.8 Å². The van der Waals surface area contributed by atoms with Crippen LogP contribution in [0.5, 0.6) is 0 Å². The number of rotatable bonds is 3. The summed E-state index contributed by atoms with van der Waals surface area (Å²) in [5, 5.41) is 3.83. The van der Waals surface area contributed by atoms with Gasteiger partial charge in [0.1, 0.15) is 6.04 Å². The van der Waals surface area contributed by atoms with Crippen molar-refractivity contribution >= 4 is 34.8 Å². The highest BCUT2D eigenvalue weighted by Gasteiger charge is 2.39. The third-order valence-corrected chi connectivity index (χ3v) is 4.48. The maximum Gasteiger partial charge on any atom is 0.256 e. The first-order valence-corrected chi connectivity index (χ1v) is 8.21. The van der Waals surface area contributed by atoms with Gasteiger partial charge in [-0.1, -0.05) is 29.3 Å². The molecule has 2 aromatic rings. The molecule has 1 aliphatic rings. The molecular weight excluding hydrogens is 324 g/mol. The van der Waals surface area contributed by atoms with Crippen molar-refractivity contribution in [2.45, 2.75) is 33.2 Å². The zero-order valence-corrected chi connectivity index (χ0v) is 14.6. The summed E-state index contributed by atoms with van der Waals surface area (Å²) in [5.41, 5.74) is 4.78. The summed E-state index contributed by atoms with van der Waals surface area (Å²) in [6, 6.07) is 10.3. The van der Waals surface area contributed by atoms with E-state index in [1.165, 1.54) is 10.5 Å². The van der Waals surface area contributed by atoms with Crippen molar-refractivity contribution in [2.75, 3.05) is 10.2 Å². The van der Waals surface area contributed by atoms with E-state index in [1.807, 2.05) is 20.8 Å². The minimum Gasteiger partial charge on any atom is -0.373 e. The molecule has 5 heteroatoms. The van der Waals surface area contributed by atoms with Crippen LogP contribution in [0.25, 0.3) is 0 Å². The molecule has 1 heterocycles. The van der Waals surface area contributed by atoms with Gasteiger partial charge >= 0.3 is 0 Å². The highest BCUT2D eigenvalue weighted by Crippen LogP contribution is 2.28. The number of halogens is 1. The molecule has 0 spiro atoms. The Morgan fingerprint density at radius 2 is 1.62 bits per heavy atom. The maximum absolute atomic E-state index is 12.7. The van der Waals surface area contributed by atoms with Crippen molar-refractivity contribution in [3.8, 4) is 0 Å². The van der Waals surface area contributed by atoms with Crippen LogP contribution in [-0.4, -0.2) is 17.9 Å². The van der Waals surface area contributed by atoms with Crippen molar-refractivity contribution in [1.29, 1.82) is 0 Å². The molecule has 124 valence electrons. The van der Waals surface area contributed by atoms with Crippen LogP contribution in [0.4, 0.5) is 11.4 Å². The van der Waals surface area contributed by atoms with E-state index < -0.39 is 6.04 Å². The van der Waals surface area contributed by atoms with Crippen LogP contribution in [-0.2, 0) is 9.59 Å². The highest BCUT2D eigenvalue weighted by atomic mass is 35.5. The number of hydrogen-bond donors (Lipinski definition) is 1. The second kappa shape index (κ2) is 6.29. The first-order valence-electron chi connectivity index (χ1n) is 7.83. The van der Waals surface area contributed by atoms with Gasteiger partial charge in [-0.3, -0.25) is 9.59 Å². The Morgan fingerprint density at radius 1 is 1.04 bits per heavy atom. The highest BCUT2D eigenvalue weighted by molar-refractivity contribution is 6.30. The summed E-state index contributed by atoms with van der Waals surface area (Å²) in [6.07, 6.45) is 0.147. The van der Waals surface area contributed by atoms with Gasteiger partial charge in [0.2, 0.25) is 5.91 Å². The number of carbonyl (C=O) groups excluding carboxylic acids is 2. The molecular formula is C19H19ClN2O2. The molecule has 2 amide bonds. The lowest BCUT2D eigenvalue weighted by molar-refractivity contribution is -0.121. The number of carbonyl (C=O) groups is 2. The Bertz CT molecular complexity index is 792. The molecule has 0 bridgehead atoms. The first kappa shape index (κ1) is 16.5. The minimum atomic E-state index is -0.548. The maximum atomic E-state index is 12.7. The average molecular weight is 343 g/mol. The lowest BCUT2D eigenvalue weighted by Crippen LogP contribution is -2.35. The summed E-state index contributed by atoms with van der Waals surface area (Å²) in [5.74, 6) is -0.441. The van der Waals surface area contributed by atoms with Crippen LogP contribution >= 0.6 is 11.6 Å². The van der Waals surface area contributed by atoms with Gasteiger partial charge < -0.3 is 5.32 Å². The number of amides is 2. The van der Waals surface area contributed by atoms with Gasteiger partial charge in [0.05, 0.1) is 12.1 Å². The smallest absolute Gasteiger partial charge is 0.256 e. The number of benzene rings is 2. The molecule has 24 heavy (non-hydrogen) atoms. The molecule has 1 fully saturated rings. The summed E-state index contributed by atoms with van der Waals surface area (Å²) < 4.78 is 0. The zero-order chi connectivity index (χ0) is 17.4. The van der Waals surface area contributed by atoms with E-state index in [2.05, 4.69) is 17.4 Å². The number of imide groups is 1. The number of nitrogens with zero attached hydrogens (tertiary/aromatic N) is 1. The number of anilines is 2. The summed E-state index contributed by atoms with van der Waals surface area (Å²) in [4.78, 5) is 26.3. The van der Waals surface area contributed by atoms with E-state index in [4.69, 9.17) is 11.6 Å². The Labute approximate surface area is 146 Å². The lowest BCUT2D eigenvalue weighted by atomic mass is 10.0. The van der Waals surface area contributed by atoms with Crippen LogP contribution in [0.1, 0.15) is 23.1 Å². The van der Waals surface area contributed by atoms with Crippen molar-refractivity contribution < 1.29 is 9.59 Å². The molecule has 1 aliphatic heterocycles. The van der Waals surface area contributed by atoms with E-state index >= 15 is 0 Å². The third kappa shape index (κ3) is 3.02. The molecule has 3 rings (SSSR count). The van der Waals surface area contributed by atoms with Crippen LogP contribution in [0.2, 0.25) is 5.02 Å². The molecule has 0 saturated carbocycles. The Morgan fingerprint density at radius 3 is 2.21 bits per heavy atom. The quantitative estimate of drug-likeness (QED) is 0.857. The molecule has 1 N–H and O–H groups in total. The Balaban J connectivity index is 1.86. The third-order valence-electron chi connectivity index (χ3n) is 4.23. The molecule has 0 aromatic heterocycles. The van der Waals surface area contributed by atoms with Crippen molar-refractivity contribution in [3.05, 3.63) is 58.1 Å². The van der Waals surface area contributed by atoms with E-state index in [0.29, 0.717) is 10.7 Å². The SMILES string of the molecule is Cc1cc(C)c(NC2CC(=O)N(c3ccc(Cl)cc3)C2=O)c(C)c1. The van der Waals surface area contributed by atoms with Gasteiger partial charge in [0.25, 0.3) is 5.91 Å². The van der Waals surface area contributed by atoms with Gasteiger partial charge in [-0.25, -0.2) is 4.90 Å². The molecule has 2 aromatic carbocycles. The first-order chi connectivity index (χ1) is 11.4. The predicted molar refractivity (Wildman–Crippen MR) is 96.6 cm³/mol. The Hall–Kier alpha value is -2.33. The van der Waals surface area contributed by atoms with Gasteiger partial charge in [0.15, 0.2) is 0 Å². The molecule has 4 nitrogen and oxygen atoms in total. The van der Waals surface area contributed by atoms with Gasteiger partial charge in [-0.2, -0.15) is 0 Å². The fourth-order valence-corrected chi connectivity index (χ4v) is 3.31. The molecule has 1 saturated heterocycles. The number of hydrogen-bond acceptors (Lipinski definition) is 3. The molecule has 1 atom stereocenters. The predicted octanol–water partition coefficient (Wildman–Crippen LogP) is 4.01. The van der Waals surface area contributed by atoms with Gasteiger partial charge in [0, 0.05) is 10.7 Å². The summed E-state index contributed by atoms with van der Waals surface area (Å²) >= 11 is 5.87. The normalized spacial score (nSPS) is 17.5. The largest absolute Gasteiger partial charge is 0.373 e. The van der Waals surface area contributed by atoms with Crippen molar-refractivity contribution in [3.63, 3.8) is 0 Å². The molecule has 0 radical (unpaired) electrons. The Kier molecular flexibility index (Phi) is 4.33. The molecule has 1 unspecified atom stereocenters. The second-order valence-electron chi connectivity index (χ2n) is 6.22. The molecule has 0 aliphatic carbocycles. The number of aryl methyl sites for hydroxylation is 3. The standard InChI is InChI=1S/C19H19ClN2O2/c1-11-8-12(2)18(13(3)9-11)21-16-10-17(23)22(19(16)24)15-6-4-14(20)5-7-15/h4-9,16,21H,10H2,1-3H3. The minimum absolute atomic E-state index is 0.147. The van der Waals surface area contributed by atoms with Crippen LogP contribution in [0.3, 0.4) is 0 Å². The van der Waals surface area contributed by atoms with E-state index in [1.54, 1.807) is 24.3 Å². The van der Waals surface area contributed by atoms with E-state index in [9.17, 15) is 9.59 Å². The fourth-order valence-electron chi connectivity index (χ4n) is 3.19. The van der Waals surface area contributed by atoms with Crippen molar-refractivity contribution in [1.82, 2.24) is 0 Å². The van der Waals surface area contributed by atoms with Crippen molar-refractivity contribution in [2.24, 2.45) is 0 Å². The second-order valence-corrected chi connectivity index (χ2v) is 6.66. The van der Waals surface area contributed by atoms with E-state index in [-0.39, 0.29) is 18.2 Å². The van der Waals surface area contributed by atoms with E-state index in [0.717, 1.165) is 16.8 Å². The van der Waals surface area contributed by atoms with Gasteiger partial charge in [-0.05, 0) is 56.2 Å². The monoisotopic (exact) mass is 342 g/mol. The van der Waals surface area contributed by atoms with Crippen LogP contribution in [0.15, 0.2) is 36.4 Å². The fraction of sp³-hybridized carbons (Fsp3) is 0.263. The van der Waals surface area contributed by atoms with Gasteiger partial charge in [-0.15, -0.1) is 0 Å².